The molecule has 0 saturated heterocycles. The van der Waals surface area contributed by atoms with Crippen LogP contribution in [0, 0.1) is 11.8 Å². The predicted octanol–water partition coefficient (Wildman–Crippen LogP) is -2.58. The number of H-pyrrole nitrogens is 1. The molecule has 1 aromatic rings. The number of aromatic nitrogens is 1. The standard InChI is InChI=1S/C13H9N4/c14-6-1-2-10-3-4-11(16-10)12-8-9-5-7-15-13(9)17-12/h3-5,7-8H,6,14H2/q+1/p+1. The molecule has 4 heteroatoms. The lowest BCUT2D eigenvalue weighted by Gasteiger charge is -1.70. The quantitative estimate of drug-likeness (QED) is 0.397. The summed E-state index contributed by atoms with van der Waals surface area (Å²) in [7, 11) is 0. The Hall–Kier alpha value is -2.56. The Labute approximate surface area is 97.4 Å². The van der Waals surface area contributed by atoms with Crippen molar-refractivity contribution in [3.05, 3.63) is 35.1 Å². The van der Waals surface area contributed by atoms with Gasteiger partial charge in [-0.05, 0) is 6.07 Å². The van der Waals surface area contributed by atoms with Crippen LogP contribution in [0.3, 0.4) is 0 Å². The lowest BCUT2D eigenvalue weighted by atomic mass is 10.2. The highest BCUT2D eigenvalue weighted by Crippen LogP contribution is 1.90. The number of hydrogen-bond donors (Lipinski definition) is 2. The third kappa shape index (κ3) is 1.67. The van der Waals surface area contributed by atoms with E-state index in [1.54, 1.807) is 0 Å². The van der Waals surface area contributed by atoms with Gasteiger partial charge in [-0.3, -0.25) is 0 Å². The van der Waals surface area contributed by atoms with Gasteiger partial charge in [0.25, 0.3) is 0 Å². The summed E-state index contributed by atoms with van der Waals surface area (Å²) in [5.74, 6) is 5.68. The summed E-state index contributed by atoms with van der Waals surface area (Å²) in [5, 5.41) is 1.09. The molecule has 0 aliphatic carbocycles. The maximum atomic E-state index is 5.31. The van der Waals surface area contributed by atoms with Gasteiger partial charge in [0.1, 0.15) is 0 Å². The molecule has 0 radical (unpaired) electrons. The maximum absolute atomic E-state index is 5.31. The van der Waals surface area contributed by atoms with E-state index in [0.29, 0.717) is 6.54 Å². The SMILES string of the molecule is NCC#CC1=[N+]=C(C2=[N+]=c3[nH]ccc3=C2)C=C1. The van der Waals surface area contributed by atoms with Gasteiger partial charge >= 0.3 is 22.6 Å². The van der Waals surface area contributed by atoms with Crippen molar-refractivity contribution in [1.82, 2.24) is 14.3 Å². The first kappa shape index (κ1) is 9.65. The summed E-state index contributed by atoms with van der Waals surface area (Å²) in [5.41, 5.74) is 8.65. The monoisotopic (exact) mass is 222 g/mol. The van der Waals surface area contributed by atoms with Gasteiger partial charge < -0.3 is 5.73 Å². The van der Waals surface area contributed by atoms with Crippen LogP contribution < -0.4 is 25.8 Å². The van der Waals surface area contributed by atoms with E-state index in [2.05, 4.69) is 26.2 Å². The number of aromatic amines is 1. The third-order valence-corrected chi connectivity index (χ3v) is 2.50. The first-order chi connectivity index (χ1) is 8.36. The largest absolute Gasteiger partial charge is 0.392 e. The summed E-state index contributed by atoms with van der Waals surface area (Å²) < 4.78 is 8.83. The van der Waals surface area contributed by atoms with Gasteiger partial charge in [0.15, 0.2) is 0 Å². The molecular formula is C13H10N4+2. The van der Waals surface area contributed by atoms with Crippen LogP contribution >= 0.6 is 0 Å². The molecule has 0 saturated carbocycles. The van der Waals surface area contributed by atoms with Gasteiger partial charge in [0.05, 0.1) is 18.0 Å². The predicted molar refractivity (Wildman–Crippen MR) is 68.9 cm³/mol. The van der Waals surface area contributed by atoms with Crippen molar-refractivity contribution < 1.29 is 0 Å². The van der Waals surface area contributed by atoms with E-state index in [1.807, 2.05) is 30.5 Å². The molecule has 3 N–H and O–H groups in total. The number of nitrogens with one attached hydrogen (secondary N) is 1. The van der Waals surface area contributed by atoms with Crippen molar-refractivity contribution in [3.8, 4) is 11.8 Å². The summed E-state index contributed by atoms with van der Waals surface area (Å²) in [4.78, 5) is 3.07. The molecule has 0 spiro atoms. The van der Waals surface area contributed by atoms with E-state index in [0.717, 1.165) is 27.8 Å². The van der Waals surface area contributed by atoms with E-state index in [-0.39, 0.29) is 0 Å². The highest BCUT2D eigenvalue weighted by molar-refractivity contribution is 6.57. The van der Waals surface area contributed by atoms with Crippen LogP contribution in [0.5, 0.6) is 0 Å². The molecule has 2 aliphatic rings. The van der Waals surface area contributed by atoms with Crippen LogP contribution in [-0.2, 0) is 0 Å². The van der Waals surface area contributed by atoms with Crippen LogP contribution in [0.4, 0.5) is 0 Å². The molecular weight excluding hydrogens is 212 g/mol. The second-order valence-corrected chi connectivity index (χ2v) is 3.64. The molecule has 0 amide bonds. The van der Waals surface area contributed by atoms with Crippen LogP contribution in [0.25, 0.3) is 6.08 Å². The topological polar surface area (TPSA) is 70.0 Å². The summed E-state index contributed by atoms with van der Waals surface area (Å²) in [6.45, 7) is 0.347. The lowest BCUT2D eigenvalue weighted by Crippen LogP contribution is -2.21. The molecule has 1 aromatic heterocycles. The number of allylic oxidation sites excluding steroid dienone is 2. The van der Waals surface area contributed by atoms with Crippen molar-refractivity contribution in [3.63, 3.8) is 0 Å². The first-order valence-electron chi connectivity index (χ1n) is 5.30. The zero-order chi connectivity index (χ0) is 11.7. The number of nitrogens with zero attached hydrogens (tertiary/aromatic N) is 2. The van der Waals surface area contributed by atoms with Crippen molar-refractivity contribution in [2.45, 2.75) is 0 Å². The molecule has 3 heterocycles. The average molecular weight is 222 g/mol. The maximum Gasteiger partial charge on any atom is 0.392 e. The molecule has 80 valence electrons. The molecule has 0 unspecified atom stereocenters. The smallest absolute Gasteiger partial charge is 0.320 e. The Balaban J connectivity index is 2.07. The molecule has 0 bridgehead atoms. The highest BCUT2D eigenvalue weighted by Gasteiger charge is 2.27. The van der Waals surface area contributed by atoms with Crippen LogP contribution in [0.15, 0.2) is 24.4 Å². The van der Waals surface area contributed by atoms with E-state index >= 15 is 0 Å². The summed E-state index contributed by atoms with van der Waals surface area (Å²) in [6.07, 6.45) is 7.68. The molecule has 17 heavy (non-hydrogen) atoms. The van der Waals surface area contributed by atoms with Gasteiger partial charge in [-0.25, -0.2) is 4.98 Å². The Bertz CT molecular complexity index is 796. The van der Waals surface area contributed by atoms with E-state index in [9.17, 15) is 0 Å². The zero-order valence-corrected chi connectivity index (χ0v) is 9.07. The van der Waals surface area contributed by atoms with Gasteiger partial charge in [0.2, 0.25) is 0 Å². The molecule has 2 aliphatic heterocycles. The average Bonchev–Trinajstić information content (AvgIpc) is 3.00. The molecule has 3 rings (SSSR count). The molecule has 0 atom stereocenters. The van der Waals surface area contributed by atoms with Gasteiger partial charge in [-0.15, -0.1) is 0 Å². The fourth-order valence-corrected chi connectivity index (χ4v) is 1.73. The van der Waals surface area contributed by atoms with Crippen molar-refractivity contribution in [1.29, 1.82) is 0 Å². The van der Waals surface area contributed by atoms with E-state index < -0.39 is 0 Å². The minimum Gasteiger partial charge on any atom is -0.320 e. The summed E-state index contributed by atoms with van der Waals surface area (Å²) in [6, 6.07) is 1.99. The zero-order valence-electron chi connectivity index (χ0n) is 9.07. The lowest BCUT2D eigenvalue weighted by molar-refractivity contribution is 1.20. The van der Waals surface area contributed by atoms with Crippen LogP contribution in [-0.4, -0.2) is 28.7 Å². The third-order valence-electron chi connectivity index (χ3n) is 2.50. The molecule has 0 aromatic carbocycles. The van der Waals surface area contributed by atoms with Gasteiger partial charge in [0, 0.05) is 24.1 Å². The normalized spacial score (nSPS) is 15.0. The van der Waals surface area contributed by atoms with Crippen molar-refractivity contribution in [2.75, 3.05) is 6.54 Å². The van der Waals surface area contributed by atoms with Crippen molar-refractivity contribution in [2.24, 2.45) is 5.73 Å². The molecule has 0 fully saturated rings. The first-order valence-corrected chi connectivity index (χ1v) is 5.30. The van der Waals surface area contributed by atoms with Crippen LogP contribution in [0.2, 0.25) is 0 Å². The Kier molecular flexibility index (Phi) is 2.15. The Morgan fingerprint density at radius 1 is 1.24 bits per heavy atom. The minimum absolute atomic E-state index is 0.347. The fraction of sp³-hybridized carbons (Fsp3) is 0.0769. The number of hydrogen-bond acceptors (Lipinski definition) is 1. The molecule has 4 nitrogen and oxygen atoms in total. The fourth-order valence-electron chi connectivity index (χ4n) is 1.73. The number of rotatable bonds is 1. The van der Waals surface area contributed by atoms with E-state index in [1.165, 1.54) is 0 Å². The summed E-state index contributed by atoms with van der Waals surface area (Å²) >= 11 is 0. The van der Waals surface area contributed by atoms with Crippen molar-refractivity contribution >= 4 is 23.2 Å². The number of fused-ring (bicyclic) bond motifs is 1. The van der Waals surface area contributed by atoms with E-state index in [4.69, 9.17) is 5.73 Å². The second kappa shape index (κ2) is 3.79. The highest BCUT2D eigenvalue weighted by atomic mass is 14.8. The van der Waals surface area contributed by atoms with Gasteiger partial charge in [-0.1, -0.05) is 10.6 Å². The Morgan fingerprint density at radius 3 is 3.00 bits per heavy atom. The van der Waals surface area contributed by atoms with Crippen LogP contribution in [0.1, 0.15) is 0 Å². The number of nitrogens with two attached hydrogens (primary N) is 1. The Morgan fingerprint density at radius 2 is 2.18 bits per heavy atom. The minimum atomic E-state index is 0.347. The second-order valence-electron chi connectivity index (χ2n) is 3.64. The van der Waals surface area contributed by atoms with Gasteiger partial charge in [-0.2, -0.15) is 4.67 Å².